The minimum atomic E-state index is -0.246. The Hall–Kier alpha value is -2.46. The van der Waals surface area contributed by atoms with Crippen molar-refractivity contribution >= 4 is 45.1 Å². The van der Waals surface area contributed by atoms with Gasteiger partial charge in [0, 0.05) is 3.57 Å². The summed E-state index contributed by atoms with van der Waals surface area (Å²) in [6.45, 7) is 0. The second-order valence-corrected chi connectivity index (χ2v) is 5.90. The number of nitriles is 1. The Morgan fingerprint density at radius 2 is 1.91 bits per heavy atom. The average Bonchev–Trinajstić information content (AvgIpc) is 2.54. The lowest BCUT2D eigenvalue weighted by atomic mass is 10.1. The number of allylic oxidation sites excluding steroid dienone is 1. The fraction of sp³-hybridized carbons (Fsp3) is 0. The molecule has 0 saturated heterocycles. The van der Waals surface area contributed by atoms with Gasteiger partial charge in [-0.1, -0.05) is 24.3 Å². The molecule has 2 aromatic carbocycles. The van der Waals surface area contributed by atoms with Gasteiger partial charge in [0.05, 0.1) is 16.5 Å². The number of aromatic amines is 1. The normalized spacial score (nSPS) is 11.4. The van der Waals surface area contributed by atoms with E-state index in [9.17, 15) is 10.1 Å². The molecule has 0 radical (unpaired) electrons. The number of hydrogen-bond acceptors (Lipinski definition) is 3. The number of para-hydroxylation sites is 1. The number of fused-ring (bicyclic) bond motifs is 1. The van der Waals surface area contributed by atoms with Gasteiger partial charge in [0.2, 0.25) is 0 Å². The van der Waals surface area contributed by atoms with Crippen LogP contribution in [0.2, 0.25) is 0 Å². The lowest BCUT2D eigenvalue weighted by Crippen LogP contribution is -2.11. The summed E-state index contributed by atoms with van der Waals surface area (Å²) in [4.78, 5) is 19.1. The van der Waals surface area contributed by atoms with Gasteiger partial charge in [-0.2, -0.15) is 5.26 Å². The van der Waals surface area contributed by atoms with Crippen LogP contribution in [0.3, 0.4) is 0 Å². The minimum absolute atomic E-state index is 0.246. The molecule has 0 aliphatic rings. The van der Waals surface area contributed by atoms with E-state index in [1.165, 1.54) is 0 Å². The van der Waals surface area contributed by atoms with Gasteiger partial charge in [-0.3, -0.25) is 4.79 Å². The topological polar surface area (TPSA) is 69.5 Å². The smallest absolute Gasteiger partial charge is 0.259 e. The van der Waals surface area contributed by atoms with Crippen molar-refractivity contribution in [3.63, 3.8) is 0 Å². The van der Waals surface area contributed by atoms with Crippen LogP contribution in [-0.2, 0) is 0 Å². The van der Waals surface area contributed by atoms with Gasteiger partial charge in [0.1, 0.15) is 6.07 Å². The van der Waals surface area contributed by atoms with E-state index in [1.807, 2.05) is 30.3 Å². The summed E-state index contributed by atoms with van der Waals surface area (Å²) >= 11 is 2.22. The number of nitrogens with zero attached hydrogens (tertiary/aromatic N) is 2. The van der Waals surface area contributed by atoms with Crippen molar-refractivity contribution in [3.05, 3.63) is 73.8 Å². The number of benzene rings is 2. The third-order valence-corrected chi connectivity index (χ3v) is 3.89. The van der Waals surface area contributed by atoms with Crippen LogP contribution in [0.15, 0.2) is 53.3 Å². The molecule has 0 bridgehead atoms. The molecular formula is C17H10IN3O. The van der Waals surface area contributed by atoms with Crippen molar-refractivity contribution in [2.45, 2.75) is 0 Å². The molecule has 1 heterocycles. The zero-order chi connectivity index (χ0) is 15.5. The highest BCUT2D eigenvalue weighted by Gasteiger charge is 2.07. The quantitative estimate of drug-likeness (QED) is 0.529. The highest BCUT2D eigenvalue weighted by atomic mass is 127. The second-order valence-electron chi connectivity index (χ2n) is 4.65. The van der Waals surface area contributed by atoms with Gasteiger partial charge in [-0.25, -0.2) is 4.98 Å². The molecule has 0 fully saturated rings. The van der Waals surface area contributed by atoms with Crippen molar-refractivity contribution in [1.29, 1.82) is 5.26 Å². The van der Waals surface area contributed by atoms with Crippen LogP contribution in [0.1, 0.15) is 11.4 Å². The van der Waals surface area contributed by atoms with E-state index in [0.717, 1.165) is 9.13 Å². The van der Waals surface area contributed by atoms with E-state index in [4.69, 9.17) is 0 Å². The monoisotopic (exact) mass is 399 g/mol. The summed E-state index contributed by atoms with van der Waals surface area (Å²) in [5.74, 6) is 0.282. The van der Waals surface area contributed by atoms with E-state index < -0.39 is 0 Å². The number of aromatic nitrogens is 2. The third-order valence-electron chi connectivity index (χ3n) is 3.17. The summed E-state index contributed by atoms with van der Waals surface area (Å²) in [6, 6.07) is 16.9. The highest BCUT2D eigenvalue weighted by Crippen LogP contribution is 2.16. The van der Waals surface area contributed by atoms with Crippen LogP contribution in [0, 0.1) is 14.9 Å². The van der Waals surface area contributed by atoms with E-state index in [-0.39, 0.29) is 11.4 Å². The first-order valence-corrected chi connectivity index (χ1v) is 7.62. The summed E-state index contributed by atoms with van der Waals surface area (Å²) < 4.78 is 1.12. The Kier molecular flexibility index (Phi) is 4.02. The highest BCUT2D eigenvalue weighted by molar-refractivity contribution is 14.1. The molecule has 0 spiro atoms. The maximum Gasteiger partial charge on any atom is 0.259 e. The van der Waals surface area contributed by atoms with Gasteiger partial charge >= 0.3 is 0 Å². The lowest BCUT2D eigenvalue weighted by molar-refractivity contribution is 1.13. The Labute approximate surface area is 140 Å². The largest absolute Gasteiger partial charge is 0.305 e. The molecule has 22 heavy (non-hydrogen) atoms. The predicted octanol–water partition coefficient (Wildman–Crippen LogP) is 3.59. The summed E-state index contributed by atoms with van der Waals surface area (Å²) in [7, 11) is 0. The standard InChI is InChI=1S/C17H10IN3O/c18-13-7-5-11(6-8-13)9-12(10-19)16-20-15-4-2-1-3-14(15)17(22)21-16/h1-9H,(H,20,21,22)/b12-9+. The van der Waals surface area contributed by atoms with Crippen molar-refractivity contribution in [2.24, 2.45) is 0 Å². The Morgan fingerprint density at radius 1 is 1.18 bits per heavy atom. The van der Waals surface area contributed by atoms with Crippen LogP contribution in [0.25, 0.3) is 22.6 Å². The molecule has 4 nitrogen and oxygen atoms in total. The second kappa shape index (κ2) is 6.12. The molecule has 0 aliphatic heterocycles. The molecule has 0 atom stereocenters. The van der Waals surface area contributed by atoms with E-state index >= 15 is 0 Å². The molecule has 0 saturated carbocycles. The first-order valence-electron chi connectivity index (χ1n) is 6.54. The fourth-order valence-corrected chi connectivity index (χ4v) is 2.45. The minimum Gasteiger partial charge on any atom is -0.305 e. The van der Waals surface area contributed by atoms with E-state index in [1.54, 1.807) is 24.3 Å². The molecular weight excluding hydrogens is 389 g/mol. The van der Waals surface area contributed by atoms with E-state index in [2.05, 4.69) is 38.6 Å². The Balaban J connectivity index is 2.13. The first kappa shape index (κ1) is 14.5. The van der Waals surface area contributed by atoms with Crippen LogP contribution in [0.4, 0.5) is 0 Å². The third kappa shape index (κ3) is 2.92. The summed E-state index contributed by atoms with van der Waals surface area (Å²) in [6.07, 6.45) is 1.71. The molecule has 1 N–H and O–H groups in total. The Morgan fingerprint density at radius 3 is 2.64 bits per heavy atom. The predicted molar refractivity (Wildman–Crippen MR) is 95.0 cm³/mol. The maximum absolute atomic E-state index is 12.1. The number of hydrogen-bond donors (Lipinski definition) is 1. The molecule has 3 rings (SSSR count). The average molecular weight is 399 g/mol. The summed E-state index contributed by atoms with van der Waals surface area (Å²) in [5, 5.41) is 9.89. The molecule has 3 aromatic rings. The molecule has 5 heteroatoms. The number of H-pyrrole nitrogens is 1. The van der Waals surface area contributed by atoms with Gasteiger partial charge < -0.3 is 4.98 Å². The molecule has 0 amide bonds. The number of halogens is 1. The van der Waals surface area contributed by atoms with Gasteiger partial charge in [0.25, 0.3) is 5.56 Å². The number of nitrogens with one attached hydrogen (secondary N) is 1. The maximum atomic E-state index is 12.1. The van der Waals surface area contributed by atoms with Crippen molar-refractivity contribution in [3.8, 4) is 6.07 Å². The zero-order valence-electron chi connectivity index (χ0n) is 11.4. The van der Waals surface area contributed by atoms with Crippen LogP contribution in [0.5, 0.6) is 0 Å². The van der Waals surface area contributed by atoms with E-state index in [0.29, 0.717) is 16.5 Å². The van der Waals surface area contributed by atoms with Crippen LogP contribution in [-0.4, -0.2) is 9.97 Å². The summed E-state index contributed by atoms with van der Waals surface area (Å²) in [5.41, 5.74) is 1.53. The SMILES string of the molecule is N#C/C(=C\c1ccc(I)cc1)c1nc2ccccc2c(=O)[nH]1. The molecule has 1 aromatic heterocycles. The first-order chi connectivity index (χ1) is 10.7. The van der Waals surface area contributed by atoms with Crippen molar-refractivity contribution in [2.75, 3.05) is 0 Å². The Bertz CT molecular complexity index is 966. The van der Waals surface area contributed by atoms with Crippen molar-refractivity contribution < 1.29 is 0 Å². The number of rotatable bonds is 2. The zero-order valence-corrected chi connectivity index (χ0v) is 13.5. The van der Waals surface area contributed by atoms with Crippen molar-refractivity contribution in [1.82, 2.24) is 9.97 Å². The van der Waals surface area contributed by atoms with Crippen LogP contribution >= 0.6 is 22.6 Å². The lowest BCUT2D eigenvalue weighted by Gasteiger charge is -2.02. The van der Waals surface area contributed by atoms with Crippen LogP contribution < -0.4 is 5.56 Å². The molecule has 0 unspecified atom stereocenters. The van der Waals surface area contributed by atoms with Gasteiger partial charge in [-0.15, -0.1) is 0 Å². The van der Waals surface area contributed by atoms with Gasteiger partial charge in [0.15, 0.2) is 5.82 Å². The van der Waals surface area contributed by atoms with Gasteiger partial charge in [-0.05, 0) is 58.5 Å². The fourth-order valence-electron chi connectivity index (χ4n) is 2.09. The molecule has 0 aliphatic carbocycles. The molecule has 106 valence electrons.